The molecule has 0 N–H and O–H groups in total. The van der Waals surface area contributed by atoms with Crippen LogP contribution in [0.5, 0.6) is 0 Å². The van der Waals surface area contributed by atoms with E-state index in [9.17, 15) is 4.57 Å². The second kappa shape index (κ2) is 7.00. The summed E-state index contributed by atoms with van der Waals surface area (Å²) in [6.45, 7) is 10.2. The van der Waals surface area contributed by atoms with Crippen molar-refractivity contribution in [1.82, 2.24) is 0 Å². The van der Waals surface area contributed by atoms with Crippen LogP contribution in [0.2, 0.25) is 0 Å². The third-order valence-corrected chi connectivity index (χ3v) is 3.21. The first-order valence-electron chi connectivity index (χ1n) is 5.45. The van der Waals surface area contributed by atoms with Crippen LogP contribution in [0.15, 0.2) is 16.9 Å². The van der Waals surface area contributed by atoms with Crippen molar-refractivity contribution in [1.29, 1.82) is 0 Å². The third-order valence-electron chi connectivity index (χ3n) is 1.43. The monoisotopic (exact) mass is 247 g/mol. The van der Waals surface area contributed by atoms with Gasteiger partial charge in [0, 0.05) is 12.0 Å². The van der Waals surface area contributed by atoms with Gasteiger partial charge in [0.05, 0.1) is 18.8 Å². The Morgan fingerprint density at radius 1 is 1.19 bits per heavy atom. The average molecular weight is 247 g/mol. The van der Waals surface area contributed by atoms with Crippen LogP contribution < -0.4 is 0 Å². The molecule has 0 aromatic rings. The van der Waals surface area contributed by atoms with Gasteiger partial charge in [-0.15, -0.1) is 0 Å². The Labute approximate surface area is 98.3 Å². The molecule has 0 aliphatic heterocycles. The van der Waals surface area contributed by atoms with Crippen LogP contribution >= 0.6 is 7.60 Å². The Bertz CT molecular complexity index is 282. The SMILES string of the molecule is CCOP(=O)(/C=C/C=NC(C)(C)C)OCC. The van der Waals surface area contributed by atoms with Crippen molar-refractivity contribution < 1.29 is 13.6 Å². The standard InChI is InChI=1S/C11H22NO3P/c1-6-14-16(13,15-7-2)10-8-9-12-11(3,4)5/h8-10H,6-7H2,1-5H3/b10-8+,12-9?. The maximum Gasteiger partial charge on any atom is 0.354 e. The second-order valence-corrected chi connectivity index (χ2v) is 6.06. The summed E-state index contributed by atoms with van der Waals surface area (Å²) in [7, 11) is -3.07. The molecule has 0 spiro atoms. The van der Waals surface area contributed by atoms with Crippen molar-refractivity contribution in [2.24, 2.45) is 4.99 Å². The van der Waals surface area contributed by atoms with Crippen LogP contribution in [0.3, 0.4) is 0 Å². The Balaban J connectivity index is 4.46. The molecule has 4 nitrogen and oxygen atoms in total. The molecule has 0 heterocycles. The summed E-state index contributed by atoms with van der Waals surface area (Å²) in [6, 6.07) is 0. The van der Waals surface area contributed by atoms with E-state index in [0.29, 0.717) is 13.2 Å². The van der Waals surface area contributed by atoms with Gasteiger partial charge in [0.2, 0.25) is 0 Å². The Hall–Kier alpha value is -0.440. The van der Waals surface area contributed by atoms with Gasteiger partial charge in [-0.1, -0.05) is 0 Å². The molecule has 94 valence electrons. The van der Waals surface area contributed by atoms with Crippen LogP contribution in [0.1, 0.15) is 34.6 Å². The molecular weight excluding hydrogens is 225 g/mol. The van der Waals surface area contributed by atoms with Gasteiger partial charge < -0.3 is 9.05 Å². The van der Waals surface area contributed by atoms with Crippen LogP contribution in [0.4, 0.5) is 0 Å². The maximum absolute atomic E-state index is 11.9. The number of rotatable bonds is 6. The minimum atomic E-state index is -3.07. The van der Waals surface area contributed by atoms with Gasteiger partial charge in [-0.3, -0.25) is 9.56 Å². The molecule has 0 fully saturated rings. The summed E-state index contributed by atoms with van der Waals surface area (Å²) < 4.78 is 22.1. The van der Waals surface area contributed by atoms with Gasteiger partial charge in [-0.25, -0.2) is 0 Å². The third kappa shape index (κ3) is 7.80. The van der Waals surface area contributed by atoms with Gasteiger partial charge in [0.1, 0.15) is 0 Å². The fourth-order valence-electron chi connectivity index (χ4n) is 0.894. The lowest BCUT2D eigenvalue weighted by Gasteiger charge is -2.12. The molecule has 5 heteroatoms. The van der Waals surface area contributed by atoms with E-state index >= 15 is 0 Å². The van der Waals surface area contributed by atoms with Crippen molar-refractivity contribution in [3.8, 4) is 0 Å². The maximum atomic E-state index is 11.9. The lowest BCUT2D eigenvalue weighted by molar-refractivity contribution is 0.229. The van der Waals surface area contributed by atoms with Crippen LogP contribution in [-0.2, 0) is 13.6 Å². The van der Waals surface area contributed by atoms with E-state index in [1.165, 1.54) is 5.82 Å². The molecule has 0 aliphatic carbocycles. The van der Waals surface area contributed by atoms with Crippen LogP contribution in [0.25, 0.3) is 0 Å². The molecule has 16 heavy (non-hydrogen) atoms. The number of allylic oxidation sites excluding steroid dienone is 1. The Kier molecular flexibility index (Phi) is 6.81. The first-order chi connectivity index (χ1) is 7.33. The van der Waals surface area contributed by atoms with Crippen molar-refractivity contribution in [3.05, 3.63) is 11.9 Å². The highest BCUT2D eigenvalue weighted by molar-refractivity contribution is 7.57. The lowest BCUT2D eigenvalue weighted by atomic mass is 10.1. The highest BCUT2D eigenvalue weighted by atomic mass is 31.2. The predicted molar refractivity (Wildman–Crippen MR) is 68.2 cm³/mol. The molecular formula is C11H22NO3P. The number of hydrogen-bond donors (Lipinski definition) is 0. The topological polar surface area (TPSA) is 47.9 Å². The zero-order chi connectivity index (χ0) is 12.7. The molecule has 0 saturated heterocycles. The highest BCUT2D eigenvalue weighted by Gasteiger charge is 2.18. The lowest BCUT2D eigenvalue weighted by Crippen LogP contribution is -2.08. The first-order valence-corrected chi connectivity index (χ1v) is 7.06. The van der Waals surface area contributed by atoms with Crippen molar-refractivity contribution in [2.75, 3.05) is 13.2 Å². The summed E-state index contributed by atoms with van der Waals surface area (Å²) in [4.78, 5) is 4.24. The molecule has 0 aromatic carbocycles. The van der Waals surface area contributed by atoms with Gasteiger partial charge in [0.15, 0.2) is 0 Å². The molecule has 0 rings (SSSR count). The number of hydrogen-bond acceptors (Lipinski definition) is 4. The molecule has 0 atom stereocenters. The van der Waals surface area contributed by atoms with E-state index in [0.717, 1.165) is 0 Å². The van der Waals surface area contributed by atoms with Crippen LogP contribution in [0, 0.1) is 0 Å². The Morgan fingerprint density at radius 2 is 1.69 bits per heavy atom. The second-order valence-electron chi connectivity index (χ2n) is 4.17. The zero-order valence-corrected chi connectivity index (χ0v) is 11.7. The minimum absolute atomic E-state index is 0.133. The van der Waals surface area contributed by atoms with Crippen LogP contribution in [-0.4, -0.2) is 25.0 Å². The highest BCUT2D eigenvalue weighted by Crippen LogP contribution is 2.49. The molecule has 0 aliphatic rings. The fraction of sp³-hybridized carbons (Fsp3) is 0.727. The molecule has 0 unspecified atom stereocenters. The summed E-state index contributed by atoms with van der Waals surface area (Å²) in [5.41, 5.74) is -0.133. The molecule has 0 amide bonds. The summed E-state index contributed by atoms with van der Waals surface area (Å²) in [5.74, 6) is 1.44. The van der Waals surface area contributed by atoms with Gasteiger partial charge >= 0.3 is 7.60 Å². The molecule has 0 aromatic heterocycles. The average Bonchev–Trinajstić information content (AvgIpc) is 2.12. The van der Waals surface area contributed by atoms with Crippen molar-refractivity contribution in [3.63, 3.8) is 0 Å². The largest absolute Gasteiger partial charge is 0.354 e. The molecule has 0 saturated carbocycles. The number of nitrogens with zero attached hydrogens (tertiary/aromatic N) is 1. The molecule has 0 radical (unpaired) electrons. The predicted octanol–water partition coefficient (Wildman–Crippen LogP) is 3.64. The van der Waals surface area contributed by atoms with E-state index in [1.54, 1.807) is 26.1 Å². The normalized spacial score (nSPS) is 14.1. The van der Waals surface area contributed by atoms with E-state index in [-0.39, 0.29) is 5.54 Å². The first kappa shape index (κ1) is 15.6. The fourth-order valence-corrected chi connectivity index (χ4v) is 2.15. The van der Waals surface area contributed by atoms with Crippen molar-refractivity contribution in [2.45, 2.75) is 40.2 Å². The summed E-state index contributed by atoms with van der Waals surface area (Å²) >= 11 is 0. The Morgan fingerprint density at radius 3 is 2.06 bits per heavy atom. The van der Waals surface area contributed by atoms with Gasteiger partial charge in [0.25, 0.3) is 0 Å². The summed E-state index contributed by atoms with van der Waals surface area (Å²) in [5, 5.41) is 0. The molecule has 0 bridgehead atoms. The van der Waals surface area contributed by atoms with Crippen molar-refractivity contribution >= 4 is 13.8 Å². The van der Waals surface area contributed by atoms with E-state index in [4.69, 9.17) is 9.05 Å². The van der Waals surface area contributed by atoms with E-state index in [2.05, 4.69) is 4.99 Å². The van der Waals surface area contributed by atoms with E-state index in [1.807, 2.05) is 20.8 Å². The quantitative estimate of drug-likeness (QED) is 0.532. The van der Waals surface area contributed by atoms with Gasteiger partial charge in [-0.2, -0.15) is 0 Å². The van der Waals surface area contributed by atoms with Gasteiger partial charge in [-0.05, 0) is 40.7 Å². The number of aliphatic imine (C=N–C) groups is 1. The zero-order valence-electron chi connectivity index (χ0n) is 10.8. The summed E-state index contributed by atoms with van der Waals surface area (Å²) in [6.07, 6.45) is 3.22. The smallest absolute Gasteiger partial charge is 0.306 e. The van der Waals surface area contributed by atoms with E-state index < -0.39 is 7.60 Å². The minimum Gasteiger partial charge on any atom is -0.306 e.